The van der Waals surface area contributed by atoms with Crippen molar-refractivity contribution < 1.29 is 24.5 Å². The Hall–Kier alpha value is -2.18. The zero-order chi connectivity index (χ0) is 47.2. The number of nitrogens with one attached hydrogen (secondary N) is 1. The highest BCUT2D eigenvalue weighted by molar-refractivity contribution is 5.76. The lowest BCUT2D eigenvalue weighted by Gasteiger charge is -2.22. The fraction of sp³-hybridized carbons (Fsp3) is 0.831. The summed E-state index contributed by atoms with van der Waals surface area (Å²) in [7, 11) is 0. The summed E-state index contributed by atoms with van der Waals surface area (Å²) in [4.78, 5) is 24.5. The quantitative estimate of drug-likeness (QED) is 0.0321. The van der Waals surface area contributed by atoms with E-state index in [0.717, 1.165) is 96.3 Å². The van der Waals surface area contributed by atoms with Crippen molar-refractivity contribution in [3.05, 3.63) is 48.6 Å². The molecule has 0 aromatic heterocycles. The fourth-order valence-corrected chi connectivity index (χ4v) is 8.45. The Bertz CT molecular complexity index is 1100. The Morgan fingerprint density at radius 3 is 1.22 bits per heavy atom. The number of hydrogen-bond donors (Lipinski definition) is 3. The number of unbranched alkanes of at least 4 members (excludes halogenated alkanes) is 33. The first-order valence-electron chi connectivity index (χ1n) is 28.4. The van der Waals surface area contributed by atoms with Crippen molar-refractivity contribution in [3.63, 3.8) is 0 Å². The summed E-state index contributed by atoms with van der Waals surface area (Å²) < 4.78 is 5.44. The number of rotatable bonds is 52. The molecule has 6 heteroatoms. The minimum atomic E-state index is -0.676. The summed E-state index contributed by atoms with van der Waals surface area (Å²) >= 11 is 0. The third-order valence-electron chi connectivity index (χ3n) is 12.9. The topological polar surface area (TPSA) is 95.9 Å². The van der Waals surface area contributed by atoms with E-state index < -0.39 is 12.1 Å². The maximum Gasteiger partial charge on any atom is 0.305 e. The molecule has 0 spiro atoms. The second kappa shape index (κ2) is 54.4. The predicted octanol–water partition coefficient (Wildman–Crippen LogP) is 17.4. The first kappa shape index (κ1) is 62.8. The summed E-state index contributed by atoms with van der Waals surface area (Å²) in [6.45, 7) is 4.86. The average molecular weight is 913 g/mol. The Morgan fingerprint density at radius 2 is 0.785 bits per heavy atom. The number of carbonyl (C=O) groups excluding carboxylic acids is 2. The van der Waals surface area contributed by atoms with Gasteiger partial charge in [0, 0.05) is 12.8 Å². The van der Waals surface area contributed by atoms with E-state index in [4.69, 9.17) is 4.74 Å². The lowest BCUT2D eigenvalue weighted by Crippen LogP contribution is -2.45. The standard InChI is InChI=1S/C59H109NO5/c1-3-5-7-9-11-13-15-17-19-21-24-27-31-35-39-43-47-51-57(62)56(55-61)60-58(63)52-48-44-40-36-32-28-25-22-20-23-26-30-34-38-42-46-50-54-65-59(64)53-49-45-41-37-33-29-18-16-14-12-10-8-6-4-2/h10,12,16,18,20,23,30,34,56-57,61-62H,3-9,11,13-15,17,19,21-22,24-29,31-33,35-55H2,1-2H3,(H,60,63)/b12-10-,18-16-,23-20-,34-30-. The molecule has 0 fully saturated rings. The van der Waals surface area contributed by atoms with Crippen LogP contribution in [0.1, 0.15) is 290 Å². The van der Waals surface area contributed by atoms with Gasteiger partial charge in [-0.3, -0.25) is 9.59 Å². The molecular formula is C59H109NO5. The predicted molar refractivity (Wildman–Crippen MR) is 282 cm³/mol. The van der Waals surface area contributed by atoms with Gasteiger partial charge in [-0.15, -0.1) is 0 Å². The number of aliphatic hydroxyl groups excluding tert-OH is 2. The van der Waals surface area contributed by atoms with Gasteiger partial charge in [0.1, 0.15) is 0 Å². The van der Waals surface area contributed by atoms with Crippen LogP contribution in [0.5, 0.6) is 0 Å². The highest BCUT2D eigenvalue weighted by Gasteiger charge is 2.20. The fourth-order valence-electron chi connectivity index (χ4n) is 8.45. The molecule has 380 valence electrons. The summed E-state index contributed by atoms with van der Waals surface area (Å²) in [6, 6.07) is -0.555. The second-order valence-corrected chi connectivity index (χ2v) is 19.3. The summed E-state index contributed by atoms with van der Waals surface area (Å²) in [5.74, 6) is -0.0815. The van der Waals surface area contributed by atoms with Crippen molar-refractivity contribution in [2.24, 2.45) is 0 Å². The summed E-state index contributed by atoms with van der Waals surface area (Å²) in [6.07, 6.45) is 68.1. The number of hydrogen-bond acceptors (Lipinski definition) is 5. The molecule has 2 atom stereocenters. The van der Waals surface area contributed by atoms with Crippen LogP contribution in [0.25, 0.3) is 0 Å². The van der Waals surface area contributed by atoms with Gasteiger partial charge >= 0.3 is 5.97 Å². The Morgan fingerprint density at radius 1 is 0.431 bits per heavy atom. The third-order valence-corrected chi connectivity index (χ3v) is 12.9. The summed E-state index contributed by atoms with van der Waals surface area (Å²) in [5.41, 5.74) is 0. The van der Waals surface area contributed by atoms with Crippen molar-refractivity contribution >= 4 is 11.9 Å². The molecule has 6 nitrogen and oxygen atoms in total. The van der Waals surface area contributed by atoms with Gasteiger partial charge in [0.05, 0.1) is 25.4 Å². The van der Waals surface area contributed by atoms with Crippen LogP contribution in [0.4, 0.5) is 0 Å². The SMILES string of the molecule is CCCC/C=C\C/C=C\CCCCCCCC(=O)OCCCCC/C=C\C/C=C\CCCCCCCCCC(=O)NC(CO)C(O)CCCCCCCCCCCCCCCCCCC. The van der Waals surface area contributed by atoms with E-state index >= 15 is 0 Å². The average Bonchev–Trinajstić information content (AvgIpc) is 3.31. The normalized spacial score (nSPS) is 13.0. The molecule has 3 N–H and O–H groups in total. The highest BCUT2D eigenvalue weighted by atomic mass is 16.5. The minimum Gasteiger partial charge on any atom is -0.466 e. The number of esters is 1. The number of aliphatic hydroxyl groups is 2. The molecule has 0 aromatic rings. The molecule has 1 amide bonds. The van der Waals surface area contributed by atoms with Gasteiger partial charge in [0.25, 0.3) is 0 Å². The molecule has 0 saturated carbocycles. The van der Waals surface area contributed by atoms with Gasteiger partial charge in [0.15, 0.2) is 0 Å². The van der Waals surface area contributed by atoms with Crippen molar-refractivity contribution in [2.45, 2.75) is 302 Å². The smallest absolute Gasteiger partial charge is 0.305 e. The molecule has 0 saturated heterocycles. The Kier molecular flexibility index (Phi) is 52.6. The van der Waals surface area contributed by atoms with Crippen LogP contribution in [0.3, 0.4) is 0 Å². The van der Waals surface area contributed by atoms with Gasteiger partial charge in [-0.25, -0.2) is 0 Å². The molecule has 0 radical (unpaired) electrons. The molecule has 0 aliphatic heterocycles. The first-order chi connectivity index (χ1) is 32.0. The molecule has 65 heavy (non-hydrogen) atoms. The van der Waals surface area contributed by atoms with E-state index in [-0.39, 0.29) is 18.5 Å². The zero-order valence-corrected chi connectivity index (χ0v) is 43.2. The lowest BCUT2D eigenvalue weighted by atomic mass is 10.0. The van der Waals surface area contributed by atoms with Crippen LogP contribution in [-0.4, -0.2) is 47.4 Å². The second-order valence-electron chi connectivity index (χ2n) is 19.3. The molecule has 2 unspecified atom stereocenters. The van der Waals surface area contributed by atoms with E-state index in [1.165, 1.54) is 161 Å². The maximum atomic E-state index is 12.5. The molecule has 0 bridgehead atoms. The van der Waals surface area contributed by atoms with E-state index in [2.05, 4.69) is 67.8 Å². The van der Waals surface area contributed by atoms with Crippen molar-refractivity contribution in [1.29, 1.82) is 0 Å². The minimum absolute atomic E-state index is 0.0305. The van der Waals surface area contributed by atoms with Crippen LogP contribution in [-0.2, 0) is 14.3 Å². The largest absolute Gasteiger partial charge is 0.466 e. The van der Waals surface area contributed by atoms with Crippen LogP contribution < -0.4 is 5.32 Å². The number of carbonyl (C=O) groups is 2. The number of allylic oxidation sites excluding steroid dienone is 8. The highest BCUT2D eigenvalue weighted by Crippen LogP contribution is 2.16. The first-order valence-corrected chi connectivity index (χ1v) is 28.4. The zero-order valence-electron chi connectivity index (χ0n) is 43.2. The van der Waals surface area contributed by atoms with Crippen molar-refractivity contribution in [3.8, 4) is 0 Å². The van der Waals surface area contributed by atoms with Gasteiger partial charge in [0.2, 0.25) is 5.91 Å². The molecule has 0 heterocycles. The Labute approximate surface area is 404 Å². The summed E-state index contributed by atoms with van der Waals surface area (Å²) in [5, 5.41) is 23.3. The van der Waals surface area contributed by atoms with Crippen LogP contribution in [0, 0.1) is 0 Å². The van der Waals surface area contributed by atoms with Gasteiger partial charge in [-0.2, -0.15) is 0 Å². The van der Waals surface area contributed by atoms with E-state index in [1.807, 2.05) is 0 Å². The van der Waals surface area contributed by atoms with E-state index in [0.29, 0.717) is 25.9 Å². The van der Waals surface area contributed by atoms with E-state index in [1.54, 1.807) is 0 Å². The molecule has 0 aliphatic carbocycles. The van der Waals surface area contributed by atoms with Crippen LogP contribution >= 0.6 is 0 Å². The third kappa shape index (κ3) is 51.1. The molecule has 0 aromatic carbocycles. The number of ether oxygens (including phenoxy) is 1. The van der Waals surface area contributed by atoms with Crippen molar-refractivity contribution in [2.75, 3.05) is 13.2 Å². The molecular weight excluding hydrogens is 803 g/mol. The van der Waals surface area contributed by atoms with Gasteiger partial charge in [-0.05, 0) is 89.9 Å². The number of amides is 1. The van der Waals surface area contributed by atoms with E-state index in [9.17, 15) is 19.8 Å². The molecule has 0 rings (SSSR count). The van der Waals surface area contributed by atoms with Crippen molar-refractivity contribution in [1.82, 2.24) is 5.32 Å². The monoisotopic (exact) mass is 912 g/mol. The lowest BCUT2D eigenvalue weighted by molar-refractivity contribution is -0.143. The molecule has 0 aliphatic rings. The maximum absolute atomic E-state index is 12.5. The van der Waals surface area contributed by atoms with Crippen LogP contribution in [0.2, 0.25) is 0 Å². The Balaban J connectivity index is 3.52. The van der Waals surface area contributed by atoms with Gasteiger partial charge in [-0.1, -0.05) is 236 Å². The van der Waals surface area contributed by atoms with Gasteiger partial charge < -0.3 is 20.3 Å². The van der Waals surface area contributed by atoms with Crippen LogP contribution in [0.15, 0.2) is 48.6 Å².